The normalized spacial score (nSPS) is 18.9. The Morgan fingerprint density at radius 2 is 2.08 bits per heavy atom. The maximum atomic E-state index is 9.27. The average molecular weight is 354 g/mol. The van der Waals surface area contributed by atoms with Crippen molar-refractivity contribution in [2.24, 2.45) is 0 Å². The molecule has 0 spiro atoms. The molecule has 4 nitrogen and oxygen atoms in total. The highest BCUT2D eigenvalue weighted by Crippen LogP contribution is 2.35. The summed E-state index contributed by atoms with van der Waals surface area (Å²) in [6, 6.07) is 3.82. The molecule has 1 atom stereocenters. The van der Waals surface area contributed by atoms with Gasteiger partial charge in [0.15, 0.2) is 0 Å². The first kappa shape index (κ1) is 19.1. The van der Waals surface area contributed by atoms with Crippen LogP contribution in [0, 0.1) is 6.92 Å². The largest absolute Gasteiger partial charge is 0.484 e. The van der Waals surface area contributed by atoms with Crippen LogP contribution in [0.2, 0.25) is 0 Å². The fourth-order valence-corrected chi connectivity index (χ4v) is 3.73. The van der Waals surface area contributed by atoms with Crippen molar-refractivity contribution < 1.29 is 14.6 Å². The van der Waals surface area contributed by atoms with Crippen LogP contribution in [-0.2, 0) is 0 Å². The Labute approximate surface area is 147 Å². The number of rotatable bonds is 8. The molecule has 24 heavy (non-hydrogen) atoms. The molecule has 1 aliphatic carbocycles. The molecule has 0 amide bonds. The van der Waals surface area contributed by atoms with E-state index in [4.69, 9.17) is 9.47 Å². The van der Waals surface area contributed by atoms with Crippen molar-refractivity contribution in [1.29, 1.82) is 0 Å². The first-order valence-electron chi connectivity index (χ1n) is 8.61. The quantitative estimate of drug-likeness (QED) is 0.572. The zero-order valence-electron chi connectivity index (χ0n) is 15.4. The number of pyridine rings is 1. The molecule has 1 heterocycles. The molecule has 1 aromatic heterocycles. The Morgan fingerprint density at radius 3 is 2.75 bits per heavy atom. The Bertz CT molecular complexity index is 566. The number of aromatic nitrogens is 1. The molecule has 1 N–H and O–H groups in total. The van der Waals surface area contributed by atoms with Gasteiger partial charge in [-0.15, -0.1) is 0 Å². The monoisotopic (exact) mass is 353 g/mol. The maximum Gasteiger partial charge on any atom is 0.213 e. The molecule has 1 aromatic rings. The minimum atomic E-state index is -0.460. The minimum Gasteiger partial charge on any atom is -0.484 e. The lowest BCUT2D eigenvalue weighted by Gasteiger charge is -2.24. The van der Waals surface area contributed by atoms with E-state index in [0.717, 1.165) is 42.7 Å². The van der Waals surface area contributed by atoms with Gasteiger partial charge in [0, 0.05) is 6.07 Å². The zero-order chi connectivity index (χ0) is 17.6. The minimum absolute atomic E-state index is 0.0305. The van der Waals surface area contributed by atoms with Gasteiger partial charge >= 0.3 is 0 Å². The van der Waals surface area contributed by atoms with Crippen LogP contribution in [-0.4, -0.2) is 53.9 Å². The molecule has 2 rings (SSSR count). The second kappa shape index (κ2) is 8.77. The number of hydrogen-bond donors (Lipinski definition) is 1. The van der Waals surface area contributed by atoms with E-state index in [1.54, 1.807) is 0 Å². The Morgan fingerprint density at radius 1 is 1.29 bits per heavy atom. The summed E-state index contributed by atoms with van der Waals surface area (Å²) in [5.74, 6) is 2.68. The molecule has 1 unspecified atom stereocenters. The van der Waals surface area contributed by atoms with Gasteiger partial charge in [-0.05, 0) is 74.8 Å². The van der Waals surface area contributed by atoms with Crippen LogP contribution in [0.1, 0.15) is 31.4 Å². The number of aliphatic hydroxyl groups is 1. The van der Waals surface area contributed by atoms with Gasteiger partial charge < -0.3 is 14.6 Å². The zero-order valence-corrected chi connectivity index (χ0v) is 16.2. The maximum absolute atomic E-state index is 9.27. The number of aryl methyl sites for hydroxylation is 1. The Kier molecular flexibility index (Phi) is 6.99. The van der Waals surface area contributed by atoms with Crippen LogP contribution < -0.4 is 9.47 Å². The van der Waals surface area contributed by atoms with Crippen molar-refractivity contribution in [3.63, 3.8) is 0 Å². The van der Waals surface area contributed by atoms with Crippen molar-refractivity contribution in [2.45, 2.75) is 38.7 Å². The summed E-state index contributed by atoms with van der Waals surface area (Å²) in [6.45, 7) is 2.78. The smallest absolute Gasteiger partial charge is 0.213 e. The lowest BCUT2D eigenvalue weighted by atomic mass is 9.98. The Hall–Kier alpha value is -1.20. The number of nitrogens with zero attached hydrogens (tertiary/aromatic N) is 1. The van der Waals surface area contributed by atoms with Gasteiger partial charge in [0.05, 0.1) is 18.9 Å². The summed E-state index contributed by atoms with van der Waals surface area (Å²) in [5.41, 5.74) is 1.91. The third-order valence-corrected chi connectivity index (χ3v) is 5.57. The molecular formula is C19H31NO3S. The molecule has 0 aromatic carbocycles. The number of aliphatic hydroxyl groups excluding tert-OH is 1. The standard InChI is InChI=1S/C19H31NO3S/c1-15-18(23-17-8-5-7-16(13-17)14-21)9-10-19(20-15)22-11-6-12-24(2,3)4/h9-10,13,17,21H,5-8,11-12,14H2,1-4H3. The summed E-state index contributed by atoms with van der Waals surface area (Å²) in [5, 5.41) is 9.27. The topological polar surface area (TPSA) is 51.6 Å². The number of ether oxygens (including phenoxy) is 2. The van der Waals surface area contributed by atoms with E-state index in [1.165, 1.54) is 5.75 Å². The van der Waals surface area contributed by atoms with E-state index in [2.05, 4.69) is 23.8 Å². The molecule has 1 aliphatic rings. The first-order chi connectivity index (χ1) is 11.4. The molecule has 0 radical (unpaired) electrons. The molecule has 5 heteroatoms. The summed E-state index contributed by atoms with van der Waals surface area (Å²) >= 11 is 0. The van der Waals surface area contributed by atoms with Crippen LogP contribution in [0.4, 0.5) is 0 Å². The molecular weight excluding hydrogens is 322 g/mol. The third-order valence-electron chi connectivity index (χ3n) is 4.05. The van der Waals surface area contributed by atoms with Crippen molar-refractivity contribution >= 4 is 10.0 Å². The highest BCUT2D eigenvalue weighted by molar-refractivity contribution is 8.32. The summed E-state index contributed by atoms with van der Waals surface area (Å²) < 4.78 is 11.8. The predicted octanol–water partition coefficient (Wildman–Crippen LogP) is 3.70. The van der Waals surface area contributed by atoms with Gasteiger partial charge in [0.25, 0.3) is 0 Å². The van der Waals surface area contributed by atoms with E-state index < -0.39 is 10.0 Å². The van der Waals surface area contributed by atoms with E-state index in [0.29, 0.717) is 12.5 Å². The van der Waals surface area contributed by atoms with Crippen molar-refractivity contribution in [3.05, 3.63) is 29.5 Å². The Balaban J connectivity index is 1.88. The van der Waals surface area contributed by atoms with Crippen molar-refractivity contribution in [2.75, 3.05) is 37.7 Å². The second-order valence-electron chi connectivity index (χ2n) is 7.26. The van der Waals surface area contributed by atoms with Gasteiger partial charge in [-0.25, -0.2) is 15.0 Å². The first-order valence-corrected chi connectivity index (χ1v) is 11.6. The van der Waals surface area contributed by atoms with Crippen LogP contribution in [0.5, 0.6) is 11.6 Å². The van der Waals surface area contributed by atoms with Gasteiger partial charge in [0.2, 0.25) is 5.88 Å². The molecule has 0 saturated heterocycles. The van der Waals surface area contributed by atoms with Gasteiger partial charge in [0.1, 0.15) is 11.9 Å². The second-order valence-corrected chi connectivity index (χ2v) is 11.9. The van der Waals surface area contributed by atoms with Crippen LogP contribution in [0.25, 0.3) is 0 Å². The molecule has 0 saturated carbocycles. The van der Waals surface area contributed by atoms with Crippen LogP contribution in [0.15, 0.2) is 23.8 Å². The van der Waals surface area contributed by atoms with E-state index >= 15 is 0 Å². The molecule has 0 aliphatic heterocycles. The van der Waals surface area contributed by atoms with Gasteiger partial charge in [-0.1, -0.05) is 0 Å². The summed E-state index contributed by atoms with van der Waals surface area (Å²) in [4.78, 5) is 4.50. The predicted molar refractivity (Wildman–Crippen MR) is 103 cm³/mol. The molecule has 136 valence electrons. The van der Waals surface area contributed by atoms with E-state index in [9.17, 15) is 5.11 Å². The van der Waals surface area contributed by atoms with Gasteiger partial charge in [-0.2, -0.15) is 0 Å². The van der Waals surface area contributed by atoms with E-state index in [-0.39, 0.29) is 12.7 Å². The third kappa shape index (κ3) is 6.36. The highest BCUT2D eigenvalue weighted by atomic mass is 32.3. The number of hydrogen-bond acceptors (Lipinski definition) is 4. The lowest BCUT2D eigenvalue weighted by molar-refractivity contribution is 0.217. The van der Waals surface area contributed by atoms with Gasteiger partial charge in [-0.3, -0.25) is 0 Å². The van der Waals surface area contributed by atoms with Crippen LogP contribution in [0.3, 0.4) is 0 Å². The van der Waals surface area contributed by atoms with Crippen molar-refractivity contribution in [3.8, 4) is 11.6 Å². The van der Waals surface area contributed by atoms with Crippen LogP contribution >= 0.6 is 10.0 Å². The summed E-state index contributed by atoms with van der Waals surface area (Å²) in [7, 11) is -0.460. The lowest BCUT2D eigenvalue weighted by Crippen LogP contribution is -2.19. The summed E-state index contributed by atoms with van der Waals surface area (Å²) in [6.07, 6.45) is 13.1. The van der Waals surface area contributed by atoms with E-state index in [1.807, 2.05) is 25.1 Å². The highest BCUT2D eigenvalue weighted by Gasteiger charge is 2.16. The average Bonchev–Trinajstić information content (AvgIpc) is 2.53. The SMILES string of the molecule is Cc1nc(OCCCS(C)(C)C)ccc1OC1C=C(CO)CCC1. The van der Waals surface area contributed by atoms with Crippen molar-refractivity contribution in [1.82, 2.24) is 4.98 Å². The molecule has 0 bridgehead atoms. The fraction of sp³-hybridized carbons (Fsp3) is 0.632. The molecule has 0 fully saturated rings. The fourth-order valence-electron chi connectivity index (χ4n) is 2.75.